The van der Waals surface area contributed by atoms with Gasteiger partial charge in [0.2, 0.25) is 0 Å². The van der Waals surface area contributed by atoms with Crippen LogP contribution >= 0.6 is 15.9 Å². The number of aliphatic imine (C=N–C) groups is 1. The molecule has 0 aliphatic carbocycles. The average Bonchev–Trinajstić information content (AvgIpc) is 1.80. The van der Waals surface area contributed by atoms with Gasteiger partial charge in [0.15, 0.2) is 0 Å². The van der Waals surface area contributed by atoms with Crippen molar-refractivity contribution >= 4 is 26.3 Å². The first-order valence-electron chi connectivity index (χ1n) is 2.40. The van der Waals surface area contributed by atoms with E-state index in [2.05, 4.69) is 27.5 Å². The first-order valence-corrected chi connectivity index (χ1v) is 3.19. The maximum absolute atomic E-state index is 7.17. The first-order chi connectivity index (χ1) is 4.20. The summed E-state index contributed by atoms with van der Waals surface area (Å²) in [4.78, 5) is 3.89. The Bertz CT molecular complexity index is 225. The number of nitrogens with zero attached hydrogens (tertiary/aromatic N) is 1. The topological polar surface area (TPSA) is 36.2 Å². The molecule has 3 heteroatoms. The fourth-order valence-corrected chi connectivity index (χ4v) is 0.821. The molecule has 46 valence electrons. The lowest BCUT2D eigenvalue weighted by atomic mass is 10.2. The maximum atomic E-state index is 7.17. The van der Waals surface area contributed by atoms with Crippen LogP contribution in [0.25, 0.3) is 0 Å². The summed E-state index contributed by atoms with van der Waals surface area (Å²) in [7, 11) is 0. The van der Waals surface area contributed by atoms with E-state index in [9.17, 15) is 0 Å². The van der Waals surface area contributed by atoms with Crippen LogP contribution in [0.5, 0.6) is 0 Å². The largest absolute Gasteiger partial charge is 0.299 e. The summed E-state index contributed by atoms with van der Waals surface area (Å²) in [5, 5.41) is 7.17. The van der Waals surface area contributed by atoms with Crippen LogP contribution < -0.4 is 0 Å². The molecule has 0 unspecified atom stereocenters. The molecule has 2 nitrogen and oxygen atoms in total. The van der Waals surface area contributed by atoms with Gasteiger partial charge in [-0.3, -0.25) is 5.41 Å². The Hall–Kier alpha value is -0.700. The molecule has 1 heterocycles. The van der Waals surface area contributed by atoms with Crippen LogP contribution in [-0.4, -0.2) is 10.3 Å². The van der Waals surface area contributed by atoms with Gasteiger partial charge in [0.05, 0.1) is 11.4 Å². The van der Waals surface area contributed by atoms with Crippen molar-refractivity contribution < 1.29 is 0 Å². The van der Waals surface area contributed by atoms with Gasteiger partial charge >= 0.3 is 0 Å². The summed E-state index contributed by atoms with van der Waals surface area (Å²) in [5.41, 5.74) is 0.877. The zero-order chi connectivity index (χ0) is 6.85. The van der Waals surface area contributed by atoms with Crippen molar-refractivity contribution in [1.29, 1.82) is 5.41 Å². The molecule has 0 radical (unpaired) electrons. The van der Waals surface area contributed by atoms with Crippen molar-refractivity contribution in [2.75, 3.05) is 0 Å². The lowest BCUT2D eigenvalue weighted by molar-refractivity contribution is 1.41. The number of halogens is 1. The van der Waals surface area contributed by atoms with E-state index in [4.69, 9.17) is 5.41 Å². The Kier molecular flexibility index (Phi) is 1.62. The molecule has 0 fully saturated rings. The van der Waals surface area contributed by atoms with Crippen molar-refractivity contribution in [3.05, 3.63) is 24.4 Å². The summed E-state index contributed by atoms with van der Waals surface area (Å²) < 4.78 is 0.725. The Morgan fingerprint density at radius 1 is 1.56 bits per heavy atom. The molecule has 1 rings (SSSR count). The Morgan fingerprint density at radius 2 is 2.22 bits per heavy atom. The van der Waals surface area contributed by atoms with Crippen LogP contribution in [0.1, 0.15) is 0 Å². The SMILES string of the molecule is C=C1N=C(Br)C=CC1=N. The smallest absolute Gasteiger partial charge is 0.106 e. The lowest BCUT2D eigenvalue weighted by Crippen LogP contribution is -2.00. The highest BCUT2D eigenvalue weighted by molar-refractivity contribution is 9.18. The van der Waals surface area contributed by atoms with Crippen molar-refractivity contribution in [2.24, 2.45) is 4.99 Å². The number of nitrogens with one attached hydrogen (secondary N) is 1. The average molecular weight is 185 g/mol. The second-order valence-electron chi connectivity index (χ2n) is 1.63. The van der Waals surface area contributed by atoms with Crippen LogP contribution in [0.3, 0.4) is 0 Å². The third-order valence-electron chi connectivity index (χ3n) is 0.940. The van der Waals surface area contributed by atoms with Gasteiger partial charge in [-0.15, -0.1) is 0 Å². The molecule has 0 spiro atoms. The highest BCUT2D eigenvalue weighted by Gasteiger charge is 2.02. The molecule has 1 aliphatic rings. The molecule has 0 bridgehead atoms. The van der Waals surface area contributed by atoms with Crippen LogP contribution in [0.2, 0.25) is 0 Å². The minimum absolute atomic E-state index is 0.373. The van der Waals surface area contributed by atoms with Crippen LogP contribution in [0, 0.1) is 5.41 Å². The molecule has 0 amide bonds. The third-order valence-corrected chi connectivity index (χ3v) is 1.38. The second-order valence-corrected chi connectivity index (χ2v) is 2.44. The fraction of sp³-hybridized carbons (Fsp3) is 0. The Morgan fingerprint density at radius 3 is 2.67 bits per heavy atom. The highest BCUT2D eigenvalue weighted by atomic mass is 79.9. The summed E-state index contributed by atoms with van der Waals surface area (Å²) in [6.07, 6.45) is 3.37. The minimum Gasteiger partial charge on any atom is -0.299 e. The summed E-state index contributed by atoms with van der Waals surface area (Å²) in [6, 6.07) is 0. The zero-order valence-corrected chi connectivity index (χ0v) is 6.27. The van der Waals surface area contributed by atoms with Crippen LogP contribution in [0.15, 0.2) is 29.4 Å². The number of rotatable bonds is 0. The molecule has 0 aromatic rings. The predicted molar refractivity (Wildman–Crippen MR) is 42.4 cm³/mol. The number of hydrogen-bond donors (Lipinski definition) is 1. The van der Waals surface area contributed by atoms with Gasteiger partial charge in [-0.05, 0) is 28.1 Å². The van der Waals surface area contributed by atoms with Gasteiger partial charge < -0.3 is 0 Å². The van der Waals surface area contributed by atoms with Crippen molar-refractivity contribution in [1.82, 2.24) is 0 Å². The van der Waals surface area contributed by atoms with Gasteiger partial charge in [0.25, 0.3) is 0 Å². The van der Waals surface area contributed by atoms with E-state index >= 15 is 0 Å². The van der Waals surface area contributed by atoms with Crippen LogP contribution in [-0.2, 0) is 0 Å². The van der Waals surface area contributed by atoms with E-state index in [0.29, 0.717) is 11.4 Å². The summed E-state index contributed by atoms with van der Waals surface area (Å²) in [6.45, 7) is 3.55. The molecule has 0 saturated heterocycles. The predicted octanol–water partition coefficient (Wildman–Crippen LogP) is 1.88. The second kappa shape index (κ2) is 2.27. The minimum atomic E-state index is 0.373. The zero-order valence-electron chi connectivity index (χ0n) is 4.69. The Labute approximate surface area is 61.6 Å². The van der Waals surface area contributed by atoms with E-state index in [0.717, 1.165) is 4.62 Å². The van der Waals surface area contributed by atoms with Crippen LogP contribution in [0.4, 0.5) is 0 Å². The number of allylic oxidation sites excluding steroid dienone is 2. The van der Waals surface area contributed by atoms with E-state index in [1.54, 1.807) is 12.2 Å². The maximum Gasteiger partial charge on any atom is 0.106 e. The van der Waals surface area contributed by atoms with Gasteiger partial charge in [0, 0.05) is 0 Å². The van der Waals surface area contributed by atoms with Gasteiger partial charge in [-0.1, -0.05) is 6.58 Å². The Balaban J connectivity index is 2.95. The van der Waals surface area contributed by atoms with Crippen molar-refractivity contribution in [3.63, 3.8) is 0 Å². The normalized spacial score (nSPS) is 18.1. The van der Waals surface area contributed by atoms with Crippen molar-refractivity contribution in [3.8, 4) is 0 Å². The number of hydrogen-bond acceptors (Lipinski definition) is 2. The standard InChI is InChI=1S/C6H5BrN2/c1-4-5(8)2-3-6(7)9-4/h2-3,8H,1H2. The molecular formula is C6H5BrN2. The van der Waals surface area contributed by atoms with E-state index in [1.807, 2.05) is 0 Å². The molecule has 0 aromatic carbocycles. The summed E-state index contributed by atoms with van der Waals surface area (Å²) in [5.74, 6) is 0. The first kappa shape index (κ1) is 6.42. The molecule has 1 aliphatic heterocycles. The highest BCUT2D eigenvalue weighted by Crippen LogP contribution is 2.07. The van der Waals surface area contributed by atoms with E-state index in [-0.39, 0.29) is 0 Å². The van der Waals surface area contributed by atoms with E-state index < -0.39 is 0 Å². The molecule has 0 aromatic heterocycles. The molecular weight excluding hydrogens is 180 g/mol. The summed E-state index contributed by atoms with van der Waals surface area (Å²) >= 11 is 3.16. The third kappa shape index (κ3) is 1.36. The van der Waals surface area contributed by atoms with Gasteiger partial charge in [-0.25, -0.2) is 4.99 Å². The quantitative estimate of drug-likeness (QED) is 0.598. The molecule has 1 N–H and O–H groups in total. The molecule has 0 saturated carbocycles. The molecule has 9 heavy (non-hydrogen) atoms. The van der Waals surface area contributed by atoms with Gasteiger partial charge in [0.1, 0.15) is 4.62 Å². The monoisotopic (exact) mass is 184 g/mol. The fourth-order valence-electron chi connectivity index (χ4n) is 0.475. The van der Waals surface area contributed by atoms with Crippen molar-refractivity contribution in [2.45, 2.75) is 0 Å². The van der Waals surface area contributed by atoms with Gasteiger partial charge in [-0.2, -0.15) is 0 Å². The number of dihydropyridines is 1. The molecule has 0 atom stereocenters. The van der Waals surface area contributed by atoms with E-state index in [1.165, 1.54) is 0 Å². The lowest BCUT2D eigenvalue weighted by Gasteiger charge is -2.01.